The third kappa shape index (κ3) is 7.83. The summed E-state index contributed by atoms with van der Waals surface area (Å²) in [7, 11) is -4.16. The molecule has 0 radical (unpaired) electrons. The van der Waals surface area contributed by atoms with E-state index in [9.17, 15) is 28.7 Å². The minimum absolute atomic E-state index is 0.0393. The van der Waals surface area contributed by atoms with E-state index < -0.39 is 32.5 Å². The summed E-state index contributed by atoms with van der Waals surface area (Å²) in [6.07, 6.45) is 10.7. The lowest BCUT2D eigenvalue weighted by atomic mass is 9.33. The van der Waals surface area contributed by atoms with Crippen LogP contribution in [0.5, 0.6) is 0 Å². The van der Waals surface area contributed by atoms with Crippen LogP contribution < -0.4 is 5.32 Å². The van der Waals surface area contributed by atoms with Crippen molar-refractivity contribution in [2.45, 2.75) is 156 Å². The number of benzene rings is 2. The molecule has 0 saturated heterocycles. The molecule has 7 rings (SSSR count). The summed E-state index contributed by atoms with van der Waals surface area (Å²) in [6, 6.07) is 13.8. The highest BCUT2D eigenvalue weighted by atomic mass is 32.2. The quantitative estimate of drug-likeness (QED) is 0.109. The van der Waals surface area contributed by atoms with E-state index in [4.69, 9.17) is 0 Å². The monoisotopic (exact) mass is 860 g/mol. The molecule has 11 heteroatoms. The Kier molecular flexibility index (Phi) is 12.1. The van der Waals surface area contributed by atoms with Crippen molar-refractivity contribution in [1.29, 1.82) is 0 Å². The number of allylic oxidation sites excluding steroid dienone is 2. The zero-order chi connectivity index (χ0) is 44.6. The molecule has 61 heavy (non-hydrogen) atoms. The molecule has 5 aliphatic carbocycles. The van der Waals surface area contributed by atoms with Crippen LogP contribution in [0.4, 0.5) is 5.69 Å². The Morgan fingerprint density at radius 1 is 0.885 bits per heavy atom. The molecule has 1 amide bonds. The second kappa shape index (κ2) is 16.1. The number of carbonyl (C=O) groups is 1. The van der Waals surface area contributed by atoms with E-state index in [1.807, 2.05) is 44.2 Å². The van der Waals surface area contributed by atoms with Gasteiger partial charge in [-0.05, 0) is 139 Å². The Bertz CT molecular complexity index is 2100. The number of aliphatic hydroxyl groups excluding tert-OH is 2. The minimum atomic E-state index is -4.16. The predicted molar refractivity (Wildman–Crippen MR) is 240 cm³/mol. The summed E-state index contributed by atoms with van der Waals surface area (Å²) >= 11 is 0. The van der Waals surface area contributed by atoms with Crippen molar-refractivity contribution >= 4 is 21.6 Å². The molecule has 0 unspecified atom stereocenters. The Morgan fingerprint density at radius 2 is 1.54 bits per heavy atom. The lowest BCUT2D eigenvalue weighted by molar-refractivity contribution is -0.384. The average molecular weight is 860 g/mol. The topological polar surface area (TPSA) is 150 Å². The van der Waals surface area contributed by atoms with Crippen molar-refractivity contribution in [3.8, 4) is 0 Å². The molecule has 10 nitrogen and oxygen atoms in total. The molecule has 4 fully saturated rings. The number of aliphatic hydroxyl groups is 2. The SMILES string of the molecule is CC(C)CN(C[C@@H](O)[C@H](Cc1ccccc1)NC(=O)[C@]12CCC(C)(C)C[C@H]1C1=CC[C@@H]3[C@@]4(C)CC[C@@H](O)C(C)(C)[C@@H]4CC[C@@]3(C)[C@]1(C)CC2)S(=O)(=O)c1ccc([N+](=O)[O-])cc1. The third-order valence-electron chi connectivity index (χ3n) is 17.8. The van der Waals surface area contributed by atoms with Gasteiger partial charge in [0.1, 0.15) is 0 Å². The number of hydrogen-bond donors (Lipinski definition) is 3. The van der Waals surface area contributed by atoms with Crippen molar-refractivity contribution in [2.24, 2.45) is 56.2 Å². The molecule has 0 heterocycles. The molecule has 2 aromatic rings. The van der Waals surface area contributed by atoms with Crippen LogP contribution in [0, 0.1) is 66.3 Å². The second-order valence-electron chi connectivity index (χ2n) is 22.6. The fourth-order valence-electron chi connectivity index (χ4n) is 14.0. The van der Waals surface area contributed by atoms with Gasteiger partial charge in [-0.1, -0.05) is 104 Å². The van der Waals surface area contributed by atoms with Crippen molar-refractivity contribution < 1.29 is 28.3 Å². The van der Waals surface area contributed by atoms with Crippen LogP contribution in [-0.4, -0.2) is 65.1 Å². The molecule has 0 bridgehead atoms. The normalized spacial score (nSPS) is 35.1. The van der Waals surface area contributed by atoms with Crippen LogP contribution in [0.15, 0.2) is 71.1 Å². The fourth-order valence-corrected chi connectivity index (χ4v) is 15.6. The highest BCUT2D eigenvalue weighted by Gasteiger charge is 2.69. The molecule has 0 aromatic heterocycles. The number of nitro benzene ring substituents is 1. The van der Waals surface area contributed by atoms with Crippen molar-refractivity contribution in [2.75, 3.05) is 13.1 Å². The Hall–Kier alpha value is -3.12. The number of carbonyl (C=O) groups excluding carboxylic acids is 1. The molecular weight excluding hydrogens is 787 g/mol. The first-order valence-corrected chi connectivity index (χ1v) is 24.5. The minimum Gasteiger partial charge on any atom is -0.393 e. The first-order valence-electron chi connectivity index (χ1n) is 23.1. The Labute approximate surface area is 365 Å². The Morgan fingerprint density at radius 3 is 2.18 bits per heavy atom. The lowest BCUT2D eigenvalue weighted by Gasteiger charge is -2.71. The van der Waals surface area contributed by atoms with Gasteiger partial charge in [0.25, 0.3) is 5.69 Å². The fraction of sp³-hybridized carbons (Fsp3) is 0.700. The van der Waals surface area contributed by atoms with Gasteiger partial charge in [-0.25, -0.2) is 8.42 Å². The number of nitrogens with zero attached hydrogens (tertiary/aromatic N) is 2. The van der Waals surface area contributed by atoms with Gasteiger partial charge in [0.15, 0.2) is 0 Å². The van der Waals surface area contributed by atoms with E-state index in [0.29, 0.717) is 18.3 Å². The van der Waals surface area contributed by atoms with E-state index in [1.54, 1.807) is 0 Å². The number of non-ortho nitro benzene ring substituents is 1. The van der Waals surface area contributed by atoms with Crippen molar-refractivity contribution in [3.05, 3.63) is 81.9 Å². The number of hydrogen-bond acceptors (Lipinski definition) is 7. The molecule has 5 aliphatic rings. The number of fused-ring (bicyclic) bond motifs is 7. The summed E-state index contributed by atoms with van der Waals surface area (Å²) in [5, 5.41) is 38.2. The average Bonchev–Trinajstić information content (AvgIpc) is 3.19. The second-order valence-corrected chi connectivity index (χ2v) is 24.5. The summed E-state index contributed by atoms with van der Waals surface area (Å²) in [5.41, 5.74) is 1.50. The van der Waals surface area contributed by atoms with E-state index >= 15 is 4.79 Å². The van der Waals surface area contributed by atoms with Crippen LogP contribution >= 0.6 is 0 Å². The van der Waals surface area contributed by atoms with E-state index in [0.717, 1.165) is 69.8 Å². The number of sulfonamides is 1. The Balaban J connectivity index is 1.21. The number of amides is 1. The maximum atomic E-state index is 15.5. The standard InChI is InChI=1S/C50H73N3O7S/c1-33(2)31-52(61(59,60)36-17-15-35(16-18-36)53(57)58)32-40(54)39(29-34-13-11-10-12-14-34)51-44(56)50-27-25-45(3,4)30-38(50)37-19-20-42-47(7)23-22-43(55)46(5,6)41(47)21-24-49(42,9)48(37,8)26-28-50/h10-19,33,38-43,54-55H,20-32H2,1-9H3,(H,51,56)/t38-,39-,40+,41-,42+,43+,47-,48+,49+,50-/m0/s1. The van der Waals surface area contributed by atoms with Crippen LogP contribution in [0.3, 0.4) is 0 Å². The molecule has 0 aliphatic heterocycles. The number of rotatable bonds is 12. The van der Waals surface area contributed by atoms with Crippen LogP contribution in [-0.2, 0) is 21.2 Å². The summed E-state index contributed by atoms with van der Waals surface area (Å²) < 4.78 is 29.6. The zero-order valence-corrected chi connectivity index (χ0v) is 39.1. The maximum Gasteiger partial charge on any atom is 0.269 e. The van der Waals surface area contributed by atoms with Gasteiger partial charge >= 0.3 is 0 Å². The third-order valence-corrected chi connectivity index (χ3v) is 19.6. The van der Waals surface area contributed by atoms with Gasteiger partial charge in [0, 0.05) is 25.2 Å². The highest BCUT2D eigenvalue weighted by Crippen LogP contribution is 2.75. The van der Waals surface area contributed by atoms with Crippen molar-refractivity contribution in [3.63, 3.8) is 0 Å². The molecule has 3 N–H and O–H groups in total. The van der Waals surface area contributed by atoms with Crippen LogP contribution in [0.1, 0.15) is 132 Å². The van der Waals surface area contributed by atoms with E-state index in [1.165, 1.54) is 34.1 Å². The van der Waals surface area contributed by atoms with E-state index in [-0.39, 0.29) is 74.6 Å². The molecular formula is C50H73N3O7S. The van der Waals surface area contributed by atoms with Gasteiger partial charge in [-0.2, -0.15) is 4.31 Å². The van der Waals surface area contributed by atoms with Crippen LogP contribution in [0.2, 0.25) is 0 Å². The van der Waals surface area contributed by atoms with E-state index in [2.05, 4.69) is 59.9 Å². The maximum absolute atomic E-state index is 15.5. The molecule has 4 saturated carbocycles. The van der Waals surface area contributed by atoms with Gasteiger partial charge < -0.3 is 15.5 Å². The largest absolute Gasteiger partial charge is 0.393 e. The summed E-state index contributed by atoms with van der Waals surface area (Å²) in [6.45, 7) is 20.5. The van der Waals surface area contributed by atoms with Gasteiger partial charge in [0.05, 0.1) is 33.5 Å². The molecule has 336 valence electrons. The lowest BCUT2D eigenvalue weighted by Crippen LogP contribution is -2.66. The zero-order valence-electron chi connectivity index (χ0n) is 38.2. The summed E-state index contributed by atoms with van der Waals surface area (Å²) in [4.78, 5) is 26.2. The van der Waals surface area contributed by atoms with Gasteiger partial charge in [-0.3, -0.25) is 14.9 Å². The van der Waals surface area contributed by atoms with Crippen LogP contribution in [0.25, 0.3) is 0 Å². The predicted octanol–water partition coefficient (Wildman–Crippen LogP) is 9.49. The van der Waals surface area contributed by atoms with Gasteiger partial charge in [-0.15, -0.1) is 0 Å². The molecule has 10 atom stereocenters. The number of nitrogens with one attached hydrogen (secondary N) is 1. The first-order chi connectivity index (χ1) is 28.4. The smallest absolute Gasteiger partial charge is 0.269 e. The van der Waals surface area contributed by atoms with Crippen molar-refractivity contribution in [1.82, 2.24) is 9.62 Å². The highest BCUT2D eigenvalue weighted by molar-refractivity contribution is 7.89. The summed E-state index contributed by atoms with van der Waals surface area (Å²) in [5.74, 6) is 0.852. The first kappa shape index (κ1) is 45.9. The van der Waals surface area contributed by atoms with Gasteiger partial charge in [0.2, 0.25) is 15.9 Å². The number of nitro groups is 1. The molecule has 0 spiro atoms. The molecule has 2 aromatic carbocycles.